The molecule has 0 N–H and O–H groups in total. The van der Waals surface area contributed by atoms with Gasteiger partial charge in [0.25, 0.3) is 0 Å². The molecule has 2 aliphatic heterocycles. The molecule has 26 heavy (non-hydrogen) atoms. The summed E-state index contributed by atoms with van der Waals surface area (Å²) >= 11 is 0. The van der Waals surface area contributed by atoms with Crippen LogP contribution in [0.25, 0.3) is 0 Å². The number of nitrogens with zero attached hydrogens (tertiary/aromatic N) is 5. The predicted molar refractivity (Wildman–Crippen MR) is 98.6 cm³/mol. The summed E-state index contributed by atoms with van der Waals surface area (Å²) in [6.07, 6.45) is 5.62. The zero-order valence-electron chi connectivity index (χ0n) is 15.3. The minimum absolute atomic E-state index is 0.203. The SMILES string of the molecule is COc1cc(N2CC3(C[C@H](COc4ccccn4)CCN3C)C2)ncn1. The number of hydrogen-bond acceptors (Lipinski definition) is 7. The highest BCUT2D eigenvalue weighted by Crippen LogP contribution is 2.40. The third-order valence-corrected chi connectivity index (χ3v) is 5.59. The fraction of sp³-hybridized carbons (Fsp3) is 0.526. The number of anilines is 1. The van der Waals surface area contributed by atoms with Crippen LogP contribution < -0.4 is 14.4 Å². The lowest BCUT2D eigenvalue weighted by molar-refractivity contribution is 0.00555. The van der Waals surface area contributed by atoms with Gasteiger partial charge in [-0.1, -0.05) is 6.07 Å². The Kier molecular flexibility index (Phi) is 4.63. The lowest BCUT2D eigenvalue weighted by atomic mass is 9.75. The summed E-state index contributed by atoms with van der Waals surface area (Å²) in [4.78, 5) is 17.5. The molecule has 2 aliphatic rings. The Balaban J connectivity index is 1.37. The van der Waals surface area contributed by atoms with Crippen molar-refractivity contribution in [3.63, 3.8) is 0 Å². The second kappa shape index (κ2) is 7.07. The molecule has 0 unspecified atom stereocenters. The van der Waals surface area contributed by atoms with E-state index in [1.54, 1.807) is 19.6 Å². The van der Waals surface area contributed by atoms with Crippen LogP contribution in [0.5, 0.6) is 11.8 Å². The van der Waals surface area contributed by atoms with Gasteiger partial charge in [-0.3, -0.25) is 4.90 Å². The van der Waals surface area contributed by atoms with Gasteiger partial charge in [-0.15, -0.1) is 0 Å². The Morgan fingerprint density at radius 2 is 2.08 bits per heavy atom. The summed E-state index contributed by atoms with van der Waals surface area (Å²) < 4.78 is 11.1. The van der Waals surface area contributed by atoms with Gasteiger partial charge in [0.15, 0.2) is 0 Å². The van der Waals surface area contributed by atoms with E-state index in [0.29, 0.717) is 17.7 Å². The van der Waals surface area contributed by atoms with Crippen molar-refractivity contribution >= 4 is 5.82 Å². The monoisotopic (exact) mass is 355 g/mol. The predicted octanol–water partition coefficient (Wildman–Crippen LogP) is 1.86. The number of aromatic nitrogens is 3. The second-order valence-corrected chi connectivity index (χ2v) is 7.26. The van der Waals surface area contributed by atoms with Crippen LogP contribution in [-0.4, -0.2) is 65.8 Å². The number of likely N-dealkylation sites (tertiary alicyclic amines) is 1. The molecule has 4 heterocycles. The zero-order valence-corrected chi connectivity index (χ0v) is 15.3. The highest BCUT2D eigenvalue weighted by atomic mass is 16.5. The Hall–Kier alpha value is -2.41. The Bertz CT molecular complexity index is 736. The molecule has 7 nitrogen and oxygen atoms in total. The third-order valence-electron chi connectivity index (χ3n) is 5.59. The van der Waals surface area contributed by atoms with Crippen LogP contribution in [0.2, 0.25) is 0 Å². The van der Waals surface area contributed by atoms with E-state index in [2.05, 4.69) is 31.8 Å². The highest BCUT2D eigenvalue weighted by molar-refractivity contribution is 5.46. The molecule has 1 atom stereocenters. The number of ether oxygens (including phenoxy) is 2. The van der Waals surface area contributed by atoms with Crippen molar-refractivity contribution in [1.82, 2.24) is 19.9 Å². The summed E-state index contributed by atoms with van der Waals surface area (Å²) in [5, 5.41) is 0. The van der Waals surface area contributed by atoms with Crippen molar-refractivity contribution in [3.05, 3.63) is 36.8 Å². The van der Waals surface area contributed by atoms with Gasteiger partial charge in [-0.05, 0) is 38.4 Å². The standard InChI is InChI=1S/C19H25N5O2/c1-23-8-6-15(11-26-17-5-3-4-7-20-17)10-19(23)12-24(13-19)16-9-18(25-2)22-14-21-16/h3-5,7,9,14-15H,6,8,10-13H2,1-2H3/t15-/m1/s1. The molecule has 0 aromatic carbocycles. The van der Waals surface area contributed by atoms with E-state index >= 15 is 0 Å². The number of methoxy groups -OCH3 is 1. The van der Waals surface area contributed by atoms with Crippen LogP contribution in [0.1, 0.15) is 12.8 Å². The van der Waals surface area contributed by atoms with E-state index in [0.717, 1.165) is 44.9 Å². The first-order valence-electron chi connectivity index (χ1n) is 9.05. The van der Waals surface area contributed by atoms with Gasteiger partial charge in [-0.2, -0.15) is 0 Å². The number of rotatable bonds is 5. The summed E-state index contributed by atoms with van der Waals surface area (Å²) in [6, 6.07) is 7.68. The number of piperidine rings is 1. The van der Waals surface area contributed by atoms with Crippen molar-refractivity contribution in [2.45, 2.75) is 18.4 Å². The average molecular weight is 355 g/mol. The molecule has 138 valence electrons. The number of hydrogen-bond donors (Lipinski definition) is 0. The molecule has 2 fully saturated rings. The van der Waals surface area contributed by atoms with Gasteiger partial charge < -0.3 is 14.4 Å². The molecule has 4 rings (SSSR count). The first-order chi connectivity index (χ1) is 12.7. The van der Waals surface area contributed by atoms with E-state index in [1.165, 1.54) is 0 Å². The van der Waals surface area contributed by atoms with E-state index in [1.807, 2.05) is 24.3 Å². The molecule has 2 saturated heterocycles. The van der Waals surface area contributed by atoms with Gasteiger partial charge in [0.05, 0.1) is 19.3 Å². The molecule has 2 aromatic rings. The van der Waals surface area contributed by atoms with Crippen LogP contribution in [0, 0.1) is 5.92 Å². The van der Waals surface area contributed by atoms with Crippen LogP contribution in [0.3, 0.4) is 0 Å². The normalized spacial score (nSPS) is 22.1. The van der Waals surface area contributed by atoms with Gasteiger partial charge in [-0.25, -0.2) is 15.0 Å². The van der Waals surface area contributed by atoms with E-state index in [-0.39, 0.29) is 5.54 Å². The van der Waals surface area contributed by atoms with Gasteiger partial charge in [0.2, 0.25) is 11.8 Å². The maximum atomic E-state index is 5.90. The molecule has 0 amide bonds. The second-order valence-electron chi connectivity index (χ2n) is 7.26. The zero-order chi connectivity index (χ0) is 18.0. The van der Waals surface area contributed by atoms with Gasteiger partial charge >= 0.3 is 0 Å². The quantitative estimate of drug-likeness (QED) is 0.811. The fourth-order valence-electron chi connectivity index (χ4n) is 4.00. The first-order valence-corrected chi connectivity index (χ1v) is 9.05. The maximum Gasteiger partial charge on any atom is 0.218 e. The Morgan fingerprint density at radius 1 is 1.19 bits per heavy atom. The molecule has 0 saturated carbocycles. The van der Waals surface area contributed by atoms with Crippen LogP contribution in [0.4, 0.5) is 5.82 Å². The van der Waals surface area contributed by atoms with Gasteiger partial charge in [0, 0.05) is 31.4 Å². The third kappa shape index (κ3) is 3.31. The minimum Gasteiger partial charge on any atom is -0.481 e. The summed E-state index contributed by atoms with van der Waals surface area (Å²) in [6.45, 7) is 3.78. The lowest BCUT2D eigenvalue weighted by Gasteiger charge is -2.58. The highest BCUT2D eigenvalue weighted by Gasteiger charge is 2.50. The average Bonchev–Trinajstić information content (AvgIpc) is 2.66. The van der Waals surface area contributed by atoms with Crippen molar-refractivity contribution in [2.75, 3.05) is 45.3 Å². The largest absolute Gasteiger partial charge is 0.481 e. The van der Waals surface area contributed by atoms with Crippen LogP contribution in [-0.2, 0) is 0 Å². The minimum atomic E-state index is 0.203. The smallest absolute Gasteiger partial charge is 0.218 e. The van der Waals surface area contributed by atoms with Gasteiger partial charge in [0.1, 0.15) is 12.1 Å². The molecule has 0 radical (unpaired) electrons. The Labute approximate surface area is 154 Å². The topological polar surface area (TPSA) is 63.6 Å². The summed E-state index contributed by atoms with van der Waals surface area (Å²) in [5.74, 6) is 2.80. The van der Waals surface area contributed by atoms with Crippen molar-refractivity contribution in [1.29, 1.82) is 0 Å². The first kappa shape index (κ1) is 17.0. The van der Waals surface area contributed by atoms with E-state index < -0.39 is 0 Å². The molecular formula is C19H25N5O2. The van der Waals surface area contributed by atoms with Crippen molar-refractivity contribution < 1.29 is 9.47 Å². The molecule has 0 bridgehead atoms. The molecule has 0 aliphatic carbocycles. The summed E-state index contributed by atoms with van der Waals surface area (Å²) in [5.41, 5.74) is 0.203. The number of pyridine rings is 1. The summed E-state index contributed by atoms with van der Waals surface area (Å²) in [7, 11) is 3.86. The van der Waals surface area contributed by atoms with E-state index in [4.69, 9.17) is 9.47 Å². The lowest BCUT2D eigenvalue weighted by Crippen LogP contribution is -2.72. The molecule has 1 spiro atoms. The van der Waals surface area contributed by atoms with Crippen LogP contribution >= 0.6 is 0 Å². The molecule has 7 heteroatoms. The van der Waals surface area contributed by atoms with Crippen molar-refractivity contribution in [2.24, 2.45) is 5.92 Å². The maximum absolute atomic E-state index is 5.90. The fourth-order valence-corrected chi connectivity index (χ4v) is 4.00. The van der Waals surface area contributed by atoms with E-state index in [9.17, 15) is 0 Å². The van der Waals surface area contributed by atoms with Crippen molar-refractivity contribution in [3.8, 4) is 11.8 Å². The molecular weight excluding hydrogens is 330 g/mol. The molecule has 2 aromatic heterocycles. The number of likely N-dealkylation sites (N-methyl/N-ethyl adjacent to an activating group) is 1. The Morgan fingerprint density at radius 3 is 2.85 bits per heavy atom. The van der Waals surface area contributed by atoms with Crippen LogP contribution in [0.15, 0.2) is 36.8 Å².